The van der Waals surface area contributed by atoms with Crippen LogP contribution in [0, 0.1) is 11.8 Å². The molecule has 3 rings (SSSR count). The first-order chi connectivity index (χ1) is 11.6. The molecule has 0 aromatic heterocycles. The monoisotopic (exact) mass is 324 g/mol. The highest BCUT2D eigenvalue weighted by Gasteiger charge is 2.23. The van der Waals surface area contributed by atoms with Crippen molar-refractivity contribution in [3.63, 3.8) is 0 Å². The summed E-state index contributed by atoms with van der Waals surface area (Å²) in [5.41, 5.74) is 1.37. The maximum absolute atomic E-state index is 12.3. The molecular formula is C21H28N2O. The standard InChI is InChI=1S/C21H28N2O/c1-16(15-22-21(24)18-10-12-23(2)13-11-18)14-19-8-5-7-17-6-3-4-9-20(17)19/h3-9,16,18H,10-15H2,1-2H3,(H,22,24)/t16-/m1/s1. The third-order valence-electron chi connectivity index (χ3n) is 5.16. The summed E-state index contributed by atoms with van der Waals surface area (Å²) in [6.45, 7) is 5.04. The van der Waals surface area contributed by atoms with Gasteiger partial charge >= 0.3 is 0 Å². The molecule has 1 N–H and O–H groups in total. The van der Waals surface area contributed by atoms with Gasteiger partial charge in [0.2, 0.25) is 5.91 Å². The van der Waals surface area contributed by atoms with E-state index < -0.39 is 0 Å². The molecule has 1 aliphatic heterocycles. The molecule has 0 aliphatic carbocycles. The second-order valence-electron chi connectivity index (χ2n) is 7.27. The second-order valence-corrected chi connectivity index (χ2v) is 7.27. The predicted molar refractivity (Wildman–Crippen MR) is 100 cm³/mol. The highest BCUT2D eigenvalue weighted by atomic mass is 16.1. The number of amides is 1. The third-order valence-corrected chi connectivity index (χ3v) is 5.16. The van der Waals surface area contributed by atoms with Crippen molar-refractivity contribution in [3.05, 3.63) is 48.0 Å². The molecule has 2 aromatic rings. The van der Waals surface area contributed by atoms with E-state index in [1.807, 2.05) is 0 Å². The van der Waals surface area contributed by atoms with Crippen molar-refractivity contribution < 1.29 is 4.79 Å². The van der Waals surface area contributed by atoms with Crippen LogP contribution in [0.4, 0.5) is 0 Å². The normalized spacial score (nSPS) is 17.8. The number of carbonyl (C=O) groups excluding carboxylic acids is 1. The highest BCUT2D eigenvalue weighted by molar-refractivity contribution is 5.85. The van der Waals surface area contributed by atoms with Gasteiger partial charge in [0.15, 0.2) is 0 Å². The first-order valence-corrected chi connectivity index (χ1v) is 9.06. The SMILES string of the molecule is C[C@@H](CNC(=O)C1CCN(C)CC1)Cc1cccc2ccccc12. The van der Waals surface area contributed by atoms with Crippen molar-refractivity contribution in [3.8, 4) is 0 Å². The predicted octanol–water partition coefficient (Wildman–Crippen LogP) is 3.48. The first-order valence-electron chi connectivity index (χ1n) is 9.06. The van der Waals surface area contributed by atoms with Crippen LogP contribution >= 0.6 is 0 Å². The fourth-order valence-corrected chi connectivity index (χ4v) is 3.61. The zero-order valence-electron chi connectivity index (χ0n) is 14.8. The molecule has 3 nitrogen and oxygen atoms in total. The molecule has 1 atom stereocenters. The summed E-state index contributed by atoms with van der Waals surface area (Å²) >= 11 is 0. The number of rotatable bonds is 5. The average Bonchev–Trinajstić information content (AvgIpc) is 2.61. The molecule has 3 heteroatoms. The number of carbonyl (C=O) groups is 1. The van der Waals surface area contributed by atoms with Gasteiger partial charge in [-0.25, -0.2) is 0 Å². The Kier molecular flexibility index (Phi) is 5.52. The van der Waals surface area contributed by atoms with Crippen molar-refractivity contribution in [1.29, 1.82) is 0 Å². The van der Waals surface area contributed by atoms with E-state index >= 15 is 0 Å². The van der Waals surface area contributed by atoms with Crippen LogP contribution in [-0.4, -0.2) is 37.5 Å². The van der Waals surface area contributed by atoms with E-state index in [0.29, 0.717) is 5.92 Å². The molecule has 2 aromatic carbocycles. The van der Waals surface area contributed by atoms with Gasteiger partial charge in [0.25, 0.3) is 0 Å². The Morgan fingerprint density at radius 1 is 1.17 bits per heavy atom. The van der Waals surface area contributed by atoms with Gasteiger partial charge in [0.05, 0.1) is 0 Å². The summed E-state index contributed by atoms with van der Waals surface area (Å²) in [6.07, 6.45) is 2.97. The minimum atomic E-state index is 0.200. The Morgan fingerprint density at radius 2 is 1.88 bits per heavy atom. The third kappa shape index (κ3) is 4.15. The Hall–Kier alpha value is -1.87. The van der Waals surface area contributed by atoms with E-state index in [9.17, 15) is 4.79 Å². The van der Waals surface area contributed by atoms with Gasteiger partial charge in [-0.3, -0.25) is 4.79 Å². The van der Waals surface area contributed by atoms with Crippen molar-refractivity contribution in [2.45, 2.75) is 26.2 Å². The molecule has 1 heterocycles. The van der Waals surface area contributed by atoms with Gasteiger partial charge in [0, 0.05) is 12.5 Å². The van der Waals surface area contributed by atoms with Crippen LogP contribution in [0.5, 0.6) is 0 Å². The van der Waals surface area contributed by atoms with Gasteiger partial charge in [-0.2, -0.15) is 0 Å². The number of fused-ring (bicyclic) bond motifs is 1. The Balaban J connectivity index is 1.53. The van der Waals surface area contributed by atoms with Gasteiger partial charge in [-0.1, -0.05) is 49.4 Å². The first kappa shape index (κ1) is 17.0. The van der Waals surface area contributed by atoms with Crippen molar-refractivity contribution >= 4 is 16.7 Å². The number of nitrogens with zero attached hydrogens (tertiary/aromatic N) is 1. The molecule has 1 fully saturated rings. The highest BCUT2D eigenvalue weighted by Crippen LogP contribution is 2.21. The maximum atomic E-state index is 12.3. The fraction of sp³-hybridized carbons (Fsp3) is 0.476. The molecule has 128 valence electrons. The number of benzene rings is 2. The van der Waals surface area contributed by atoms with E-state index in [-0.39, 0.29) is 11.8 Å². The largest absolute Gasteiger partial charge is 0.356 e. The molecule has 0 spiro atoms. The molecule has 24 heavy (non-hydrogen) atoms. The Morgan fingerprint density at radius 3 is 2.67 bits per heavy atom. The lowest BCUT2D eigenvalue weighted by Crippen LogP contribution is -2.40. The van der Waals surface area contributed by atoms with E-state index in [1.54, 1.807) is 0 Å². The zero-order valence-corrected chi connectivity index (χ0v) is 14.8. The van der Waals surface area contributed by atoms with E-state index in [1.165, 1.54) is 16.3 Å². The smallest absolute Gasteiger partial charge is 0.223 e. The van der Waals surface area contributed by atoms with Crippen LogP contribution in [0.15, 0.2) is 42.5 Å². The molecule has 1 amide bonds. The minimum Gasteiger partial charge on any atom is -0.356 e. The van der Waals surface area contributed by atoms with Crippen molar-refractivity contribution in [1.82, 2.24) is 10.2 Å². The molecule has 0 saturated carbocycles. The fourth-order valence-electron chi connectivity index (χ4n) is 3.61. The van der Waals surface area contributed by atoms with Gasteiger partial charge in [0.1, 0.15) is 0 Å². The summed E-state index contributed by atoms with van der Waals surface area (Å²) in [6, 6.07) is 15.0. The molecule has 0 radical (unpaired) electrons. The lowest BCUT2D eigenvalue weighted by Gasteiger charge is -2.28. The molecule has 1 saturated heterocycles. The summed E-state index contributed by atoms with van der Waals surface area (Å²) in [5, 5.41) is 5.79. The van der Waals surface area contributed by atoms with Crippen LogP contribution < -0.4 is 5.32 Å². The molecular weight excluding hydrogens is 296 g/mol. The summed E-state index contributed by atoms with van der Waals surface area (Å²) < 4.78 is 0. The van der Waals surface area contributed by atoms with E-state index in [4.69, 9.17) is 0 Å². The van der Waals surface area contributed by atoms with Crippen molar-refractivity contribution in [2.24, 2.45) is 11.8 Å². The van der Waals surface area contributed by atoms with E-state index in [2.05, 4.69) is 66.7 Å². The number of hydrogen-bond acceptors (Lipinski definition) is 2. The number of nitrogens with one attached hydrogen (secondary N) is 1. The number of piperidine rings is 1. The maximum Gasteiger partial charge on any atom is 0.223 e. The summed E-state index contributed by atoms with van der Waals surface area (Å²) in [4.78, 5) is 14.6. The van der Waals surface area contributed by atoms with Crippen LogP contribution in [-0.2, 0) is 11.2 Å². The van der Waals surface area contributed by atoms with Gasteiger partial charge in [-0.05, 0) is 61.7 Å². The summed E-state index contributed by atoms with van der Waals surface area (Å²) in [7, 11) is 2.13. The quantitative estimate of drug-likeness (QED) is 0.913. The molecule has 0 bridgehead atoms. The van der Waals surface area contributed by atoms with Crippen LogP contribution in [0.25, 0.3) is 10.8 Å². The van der Waals surface area contributed by atoms with Gasteiger partial charge in [-0.15, -0.1) is 0 Å². The molecule has 0 unspecified atom stereocenters. The van der Waals surface area contributed by atoms with E-state index in [0.717, 1.165) is 38.9 Å². The zero-order chi connectivity index (χ0) is 16.9. The lowest BCUT2D eigenvalue weighted by molar-refractivity contribution is -0.126. The molecule has 1 aliphatic rings. The van der Waals surface area contributed by atoms with Crippen LogP contribution in [0.1, 0.15) is 25.3 Å². The van der Waals surface area contributed by atoms with Crippen LogP contribution in [0.3, 0.4) is 0 Å². The second kappa shape index (κ2) is 7.80. The minimum absolute atomic E-state index is 0.200. The topological polar surface area (TPSA) is 32.3 Å². The average molecular weight is 324 g/mol. The van der Waals surface area contributed by atoms with Crippen LogP contribution in [0.2, 0.25) is 0 Å². The number of likely N-dealkylation sites (tertiary alicyclic amines) is 1. The Bertz CT molecular complexity index is 684. The van der Waals surface area contributed by atoms with Crippen molar-refractivity contribution in [2.75, 3.05) is 26.7 Å². The lowest BCUT2D eigenvalue weighted by atomic mass is 9.94. The number of hydrogen-bond donors (Lipinski definition) is 1. The van der Waals surface area contributed by atoms with Gasteiger partial charge < -0.3 is 10.2 Å². The Labute approximate surface area is 145 Å². The summed E-state index contributed by atoms with van der Waals surface area (Å²) in [5.74, 6) is 0.879.